The molecule has 0 saturated carbocycles. The summed E-state index contributed by atoms with van der Waals surface area (Å²) in [6.45, 7) is 2.31. The van der Waals surface area contributed by atoms with Crippen LogP contribution in [-0.4, -0.2) is 55.3 Å². The van der Waals surface area contributed by atoms with Crippen LogP contribution in [0.15, 0.2) is 42.6 Å². The highest BCUT2D eigenvalue weighted by atomic mass is 19.1. The minimum atomic E-state index is -0.719. The van der Waals surface area contributed by atoms with Crippen LogP contribution in [0.4, 0.5) is 14.6 Å². The predicted molar refractivity (Wildman–Crippen MR) is 122 cm³/mol. The fourth-order valence-corrected chi connectivity index (χ4v) is 4.25. The molecule has 5 rings (SSSR count). The van der Waals surface area contributed by atoms with E-state index in [-0.39, 0.29) is 24.8 Å². The maximum absolute atomic E-state index is 15.2. The van der Waals surface area contributed by atoms with Gasteiger partial charge in [0, 0.05) is 41.9 Å². The molecule has 1 saturated heterocycles. The number of benzene rings is 1. The quantitative estimate of drug-likeness (QED) is 0.325. The first-order valence-electron chi connectivity index (χ1n) is 10.9. The number of halogens is 2. The Balaban J connectivity index is 1.58. The number of fused-ring (bicyclic) bond motifs is 2. The van der Waals surface area contributed by atoms with Crippen molar-refractivity contribution in [1.29, 1.82) is 5.41 Å². The van der Waals surface area contributed by atoms with Crippen molar-refractivity contribution in [2.24, 2.45) is 5.73 Å². The second-order valence-electron chi connectivity index (χ2n) is 8.08. The first kappa shape index (κ1) is 22.2. The van der Waals surface area contributed by atoms with Gasteiger partial charge in [0.25, 0.3) is 5.95 Å². The van der Waals surface area contributed by atoms with Gasteiger partial charge in [-0.3, -0.25) is 5.41 Å². The van der Waals surface area contributed by atoms with Crippen molar-refractivity contribution in [2.45, 2.75) is 5.92 Å². The summed E-state index contributed by atoms with van der Waals surface area (Å²) in [5, 5.41) is 7.46. The number of pyridine rings is 2. The molecular weight excluding hydrogens is 444 g/mol. The molecule has 8 nitrogen and oxygen atoms in total. The molecule has 2 aromatic heterocycles. The summed E-state index contributed by atoms with van der Waals surface area (Å²) in [6.07, 6.45) is 1.39. The van der Waals surface area contributed by atoms with Crippen molar-refractivity contribution < 1.29 is 23.0 Å². The summed E-state index contributed by atoms with van der Waals surface area (Å²) in [6, 6.07) is 10.3. The summed E-state index contributed by atoms with van der Waals surface area (Å²) in [7, 11) is 0. The Hall–Kier alpha value is -3.63. The molecule has 2 aliphatic heterocycles. The van der Waals surface area contributed by atoms with Gasteiger partial charge in [0.2, 0.25) is 5.95 Å². The zero-order valence-corrected chi connectivity index (χ0v) is 18.3. The van der Waals surface area contributed by atoms with Crippen LogP contribution in [0.25, 0.3) is 11.1 Å². The molecule has 0 spiro atoms. The largest absolute Gasteiger partial charge is 0.452 e. The van der Waals surface area contributed by atoms with Crippen LogP contribution in [0.5, 0.6) is 11.5 Å². The van der Waals surface area contributed by atoms with Crippen molar-refractivity contribution in [3.63, 3.8) is 0 Å². The van der Waals surface area contributed by atoms with Gasteiger partial charge in [-0.25, -0.2) is 4.98 Å². The van der Waals surface area contributed by atoms with Gasteiger partial charge in [-0.05, 0) is 35.9 Å². The van der Waals surface area contributed by atoms with E-state index in [1.807, 2.05) is 4.90 Å². The lowest BCUT2D eigenvalue weighted by molar-refractivity contribution is 0.122. The number of anilines is 1. The Labute approximate surface area is 194 Å². The molecule has 3 aromatic rings. The number of rotatable bonds is 6. The molecule has 3 N–H and O–H groups in total. The molecule has 2 aliphatic rings. The van der Waals surface area contributed by atoms with Crippen LogP contribution in [0.1, 0.15) is 17.0 Å². The van der Waals surface area contributed by atoms with Crippen LogP contribution in [0.3, 0.4) is 0 Å². The lowest BCUT2D eigenvalue weighted by Crippen LogP contribution is -2.37. The summed E-state index contributed by atoms with van der Waals surface area (Å²) in [5.74, 6) is -0.934. The molecule has 1 fully saturated rings. The highest BCUT2D eigenvalue weighted by Gasteiger charge is 2.32. The Kier molecular flexibility index (Phi) is 6.08. The van der Waals surface area contributed by atoms with E-state index < -0.39 is 17.8 Å². The third kappa shape index (κ3) is 4.29. The van der Waals surface area contributed by atoms with Gasteiger partial charge in [0.1, 0.15) is 24.0 Å². The van der Waals surface area contributed by atoms with Crippen molar-refractivity contribution in [3.8, 4) is 22.6 Å². The van der Waals surface area contributed by atoms with Gasteiger partial charge in [-0.15, -0.1) is 0 Å². The molecule has 1 unspecified atom stereocenters. The number of amidine groups is 1. The van der Waals surface area contributed by atoms with E-state index in [2.05, 4.69) is 9.97 Å². The minimum absolute atomic E-state index is 0.0289. The van der Waals surface area contributed by atoms with Crippen molar-refractivity contribution in [2.75, 3.05) is 44.4 Å². The summed E-state index contributed by atoms with van der Waals surface area (Å²) in [4.78, 5) is 9.82. The monoisotopic (exact) mass is 467 g/mol. The van der Waals surface area contributed by atoms with E-state index >= 15 is 4.39 Å². The molecule has 0 aliphatic carbocycles. The van der Waals surface area contributed by atoms with Gasteiger partial charge in [-0.1, -0.05) is 6.07 Å². The SMILES string of the molecule is N=C(N)COCC1c2cc(-c3cccnc3F)ccc2Oc2c1cc(N1CCOCC1)nc2F. The highest BCUT2D eigenvalue weighted by Crippen LogP contribution is 2.47. The molecule has 0 amide bonds. The topological polar surface area (TPSA) is 107 Å². The van der Waals surface area contributed by atoms with Crippen LogP contribution in [0, 0.1) is 17.3 Å². The third-order valence-electron chi connectivity index (χ3n) is 5.87. The number of aromatic nitrogens is 2. The van der Waals surface area contributed by atoms with E-state index in [1.54, 1.807) is 36.4 Å². The van der Waals surface area contributed by atoms with Crippen LogP contribution >= 0.6 is 0 Å². The number of nitrogens with two attached hydrogens (primary N) is 1. The number of ether oxygens (including phenoxy) is 3. The summed E-state index contributed by atoms with van der Waals surface area (Å²) in [5.41, 5.74) is 7.67. The van der Waals surface area contributed by atoms with Gasteiger partial charge in [0.05, 0.1) is 19.8 Å². The van der Waals surface area contributed by atoms with Crippen LogP contribution in [-0.2, 0) is 9.47 Å². The zero-order valence-electron chi connectivity index (χ0n) is 18.3. The minimum Gasteiger partial charge on any atom is -0.452 e. The number of nitrogens with one attached hydrogen (secondary N) is 1. The second-order valence-corrected chi connectivity index (χ2v) is 8.08. The molecule has 34 heavy (non-hydrogen) atoms. The predicted octanol–water partition coefficient (Wildman–Crippen LogP) is 3.45. The summed E-state index contributed by atoms with van der Waals surface area (Å²) >= 11 is 0. The third-order valence-corrected chi connectivity index (χ3v) is 5.87. The average molecular weight is 467 g/mol. The Bertz CT molecular complexity index is 1230. The number of nitrogens with zero attached hydrogens (tertiary/aromatic N) is 3. The van der Waals surface area contributed by atoms with Gasteiger partial charge >= 0.3 is 0 Å². The Morgan fingerprint density at radius 1 is 1.15 bits per heavy atom. The van der Waals surface area contributed by atoms with Crippen molar-refractivity contribution in [3.05, 3.63) is 65.6 Å². The lowest BCUT2D eigenvalue weighted by Gasteiger charge is -2.32. The second kappa shape index (κ2) is 9.32. The average Bonchev–Trinajstić information content (AvgIpc) is 2.84. The molecule has 1 aromatic carbocycles. The molecule has 176 valence electrons. The summed E-state index contributed by atoms with van der Waals surface area (Å²) < 4.78 is 46.5. The zero-order chi connectivity index (χ0) is 23.7. The van der Waals surface area contributed by atoms with Gasteiger partial charge in [-0.2, -0.15) is 13.8 Å². The van der Waals surface area contributed by atoms with E-state index in [4.69, 9.17) is 25.4 Å². The Morgan fingerprint density at radius 3 is 2.74 bits per heavy atom. The Morgan fingerprint density at radius 2 is 1.97 bits per heavy atom. The van der Waals surface area contributed by atoms with Crippen LogP contribution in [0.2, 0.25) is 0 Å². The van der Waals surface area contributed by atoms with Crippen LogP contribution < -0.4 is 15.4 Å². The van der Waals surface area contributed by atoms with E-state index in [9.17, 15) is 4.39 Å². The molecule has 1 atom stereocenters. The molecule has 0 bridgehead atoms. The first-order valence-corrected chi connectivity index (χ1v) is 10.9. The number of hydrogen-bond acceptors (Lipinski definition) is 7. The molecular formula is C24H23F2N5O3. The van der Waals surface area contributed by atoms with Gasteiger partial charge < -0.3 is 24.8 Å². The standard InChI is InChI=1S/C24H23F2N5O3/c25-23-15(2-1-5-29-23)14-3-4-19-16(10-14)18(12-33-13-20(27)28)17-11-21(30-24(26)22(17)34-19)31-6-8-32-9-7-31/h1-5,10-11,18H,6-9,12-13H2,(H3,27,28). The molecule has 10 heteroatoms. The fourth-order valence-electron chi connectivity index (χ4n) is 4.25. The number of morpholine rings is 1. The molecule has 4 heterocycles. The van der Waals surface area contributed by atoms with E-state index in [1.165, 1.54) is 6.20 Å². The number of hydrogen-bond donors (Lipinski definition) is 2. The smallest absolute Gasteiger partial charge is 0.258 e. The van der Waals surface area contributed by atoms with Crippen molar-refractivity contribution in [1.82, 2.24) is 9.97 Å². The maximum Gasteiger partial charge on any atom is 0.258 e. The first-order chi connectivity index (χ1) is 16.5. The highest BCUT2D eigenvalue weighted by molar-refractivity contribution is 5.78. The molecule has 0 radical (unpaired) electrons. The lowest BCUT2D eigenvalue weighted by atomic mass is 9.87. The fraction of sp³-hybridized carbons (Fsp3) is 0.292. The normalized spacial score (nSPS) is 17.0. The van der Waals surface area contributed by atoms with E-state index in [0.717, 1.165) is 0 Å². The maximum atomic E-state index is 15.2. The van der Waals surface area contributed by atoms with E-state index in [0.29, 0.717) is 60.1 Å². The van der Waals surface area contributed by atoms with Crippen molar-refractivity contribution >= 4 is 11.7 Å². The van der Waals surface area contributed by atoms with Gasteiger partial charge in [0.15, 0.2) is 5.75 Å².